The van der Waals surface area contributed by atoms with E-state index >= 15 is 0 Å². The second-order valence-corrected chi connectivity index (χ2v) is 14.9. The number of rotatable bonds is 6. The molecule has 0 spiro atoms. The minimum absolute atomic E-state index is 0.0250. The van der Waals surface area contributed by atoms with Gasteiger partial charge < -0.3 is 4.90 Å². The first-order valence-electron chi connectivity index (χ1n) is 18.3. The number of nitrogens with zero attached hydrogens (tertiary/aromatic N) is 1. The predicted molar refractivity (Wildman–Crippen MR) is 212 cm³/mol. The van der Waals surface area contributed by atoms with Crippen molar-refractivity contribution in [2.45, 2.75) is 56.8 Å². The molecule has 0 atom stereocenters. The van der Waals surface area contributed by atoms with Gasteiger partial charge in [0.15, 0.2) is 0 Å². The van der Waals surface area contributed by atoms with Crippen LogP contribution in [0.25, 0.3) is 33.0 Å². The van der Waals surface area contributed by atoms with Crippen LogP contribution in [0.3, 0.4) is 0 Å². The molecule has 1 fully saturated rings. The Kier molecular flexibility index (Phi) is 7.46. The van der Waals surface area contributed by atoms with Gasteiger partial charge in [-0.25, -0.2) is 0 Å². The van der Waals surface area contributed by atoms with Gasteiger partial charge in [0.2, 0.25) is 0 Å². The monoisotopic (exact) mass is 645 g/mol. The summed E-state index contributed by atoms with van der Waals surface area (Å²) >= 11 is 0. The van der Waals surface area contributed by atoms with Crippen molar-refractivity contribution in [1.82, 2.24) is 0 Å². The van der Waals surface area contributed by atoms with Crippen LogP contribution in [-0.4, -0.2) is 0 Å². The summed E-state index contributed by atoms with van der Waals surface area (Å²) in [7, 11) is 0. The van der Waals surface area contributed by atoms with Gasteiger partial charge in [-0.05, 0) is 105 Å². The summed E-state index contributed by atoms with van der Waals surface area (Å²) in [6.45, 7) is 4.71. The van der Waals surface area contributed by atoms with Gasteiger partial charge in [0, 0.05) is 27.9 Å². The van der Waals surface area contributed by atoms with Crippen molar-refractivity contribution >= 4 is 27.8 Å². The van der Waals surface area contributed by atoms with Crippen molar-refractivity contribution < 1.29 is 0 Å². The zero-order chi connectivity index (χ0) is 33.7. The molecule has 7 aromatic rings. The smallest absolute Gasteiger partial charge is 0.0468 e. The van der Waals surface area contributed by atoms with Gasteiger partial charge in [-0.1, -0.05) is 161 Å². The summed E-state index contributed by atoms with van der Waals surface area (Å²) in [4.78, 5) is 2.45. The van der Waals surface area contributed by atoms with E-state index in [0.717, 1.165) is 5.69 Å². The van der Waals surface area contributed by atoms with Gasteiger partial charge in [0.25, 0.3) is 0 Å². The highest BCUT2D eigenvalue weighted by atomic mass is 15.1. The number of hydrogen-bond donors (Lipinski definition) is 0. The lowest BCUT2D eigenvalue weighted by molar-refractivity contribution is 0.346. The maximum absolute atomic E-state index is 2.45. The topological polar surface area (TPSA) is 3.24 Å². The van der Waals surface area contributed by atoms with Crippen molar-refractivity contribution in [3.63, 3.8) is 0 Å². The lowest BCUT2D eigenvalue weighted by atomic mass is 9.65. The molecule has 244 valence electrons. The molecule has 50 heavy (non-hydrogen) atoms. The Bertz CT molecular complexity index is 2300. The standard InChI is InChI=1S/C49H43N/c1-48(2)46-21-10-9-19-44(46)45-34-41(30-31-47(45)48)50(39-26-22-36(23-27-39)43-20-13-15-35-14-7-8-18-42(35)43)40-28-24-38(25-29-40)49(32-11-4-12-33-49)37-16-5-3-6-17-37/h3,5-10,13-31,34H,4,11-12,32-33H2,1-2H3. The molecule has 0 heterocycles. The molecule has 0 bridgehead atoms. The van der Waals surface area contributed by atoms with Gasteiger partial charge in [-0.3, -0.25) is 0 Å². The van der Waals surface area contributed by atoms with Crippen LogP contribution in [0.15, 0.2) is 164 Å². The molecule has 0 saturated heterocycles. The van der Waals surface area contributed by atoms with E-state index in [1.54, 1.807) is 0 Å². The van der Waals surface area contributed by atoms with Crippen LogP contribution in [0.2, 0.25) is 0 Å². The molecular formula is C49H43N. The van der Waals surface area contributed by atoms with E-state index in [2.05, 4.69) is 183 Å². The quantitative estimate of drug-likeness (QED) is 0.174. The average molecular weight is 646 g/mol. The van der Waals surface area contributed by atoms with Crippen LogP contribution >= 0.6 is 0 Å². The Morgan fingerprint density at radius 2 is 1.02 bits per heavy atom. The lowest BCUT2D eigenvalue weighted by Gasteiger charge is -2.39. The summed E-state index contributed by atoms with van der Waals surface area (Å²) in [5.74, 6) is 0. The van der Waals surface area contributed by atoms with E-state index < -0.39 is 0 Å². The summed E-state index contributed by atoms with van der Waals surface area (Å²) in [5, 5.41) is 2.55. The fourth-order valence-electron chi connectivity index (χ4n) is 9.15. The molecule has 0 unspecified atom stereocenters. The first-order chi connectivity index (χ1) is 24.5. The molecule has 2 aliphatic carbocycles. The fraction of sp³-hybridized carbons (Fsp3) is 0.184. The molecule has 7 aromatic carbocycles. The Hall–Kier alpha value is -5.40. The number of hydrogen-bond acceptors (Lipinski definition) is 1. The molecule has 0 radical (unpaired) electrons. The van der Waals surface area contributed by atoms with Crippen LogP contribution in [0.4, 0.5) is 17.1 Å². The third kappa shape index (κ3) is 4.99. The third-order valence-electron chi connectivity index (χ3n) is 11.8. The van der Waals surface area contributed by atoms with E-state index in [9.17, 15) is 0 Å². The van der Waals surface area contributed by atoms with Crippen LogP contribution in [0.5, 0.6) is 0 Å². The highest BCUT2D eigenvalue weighted by Gasteiger charge is 2.37. The second kappa shape index (κ2) is 12.2. The van der Waals surface area contributed by atoms with E-state index in [1.807, 2.05) is 0 Å². The first-order valence-corrected chi connectivity index (χ1v) is 18.3. The number of fused-ring (bicyclic) bond motifs is 4. The molecule has 0 amide bonds. The van der Waals surface area contributed by atoms with Crippen molar-refractivity contribution in [3.05, 3.63) is 186 Å². The Morgan fingerprint density at radius 1 is 0.440 bits per heavy atom. The molecule has 1 saturated carbocycles. The van der Waals surface area contributed by atoms with Crippen molar-refractivity contribution in [2.75, 3.05) is 4.90 Å². The zero-order valence-corrected chi connectivity index (χ0v) is 29.1. The van der Waals surface area contributed by atoms with Crippen molar-refractivity contribution in [2.24, 2.45) is 0 Å². The van der Waals surface area contributed by atoms with E-state index in [1.165, 1.54) is 98.8 Å². The predicted octanol–water partition coefficient (Wildman–Crippen LogP) is 13.5. The summed E-state index contributed by atoms with van der Waals surface area (Å²) in [5.41, 5.74) is 14.4. The zero-order valence-electron chi connectivity index (χ0n) is 29.1. The minimum atomic E-state index is -0.0250. The molecule has 9 rings (SSSR count). The molecule has 0 aromatic heterocycles. The lowest BCUT2D eigenvalue weighted by Crippen LogP contribution is -2.30. The average Bonchev–Trinajstić information content (AvgIpc) is 3.41. The van der Waals surface area contributed by atoms with Crippen LogP contribution in [-0.2, 0) is 10.8 Å². The Balaban J connectivity index is 1.16. The summed E-state index contributed by atoms with van der Waals surface area (Å²) < 4.78 is 0. The first kappa shape index (κ1) is 30.6. The second-order valence-electron chi connectivity index (χ2n) is 14.9. The molecule has 1 heteroatoms. The number of benzene rings is 7. The van der Waals surface area contributed by atoms with Gasteiger partial charge in [-0.2, -0.15) is 0 Å². The van der Waals surface area contributed by atoms with E-state index in [-0.39, 0.29) is 10.8 Å². The van der Waals surface area contributed by atoms with Crippen molar-refractivity contribution in [1.29, 1.82) is 0 Å². The van der Waals surface area contributed by atoms with Crippen LogP contribution in [0.1, 0.15) is 68.2 Å². The molecular weight excluding hydrogens is 603 g/mol. The minimum Gasteiger partial charge on any atom is -0.310 e. The van der Waals surface area contributed by atoms with Gasteiger partial charge >= 0.3 is 0 Å². The van der Waals surface area contributed by atoms with Crippen LogP contribution in [0, 0.1) is 0 Å². The SMILES string of the molecule is CC1(C)c2ccccc2-c2cc(N(c3ccc(-c4cccc5ccccc45)cc3)c3ccc(C4(c5ccccc5)CCCCC4)cc3)ccc21. The van der Waals surface area contributed by atoms with Crippen LogP contribution < -0.4 is 4.90 Å². The van der Waals surface area contributed by atoms with Gasteiger partial charge in [0.05, 0.1) is 0 Å². The van der Waals surface area contributed by atoms with Crippen molar-refractivity contribution in [3.8, 4) is 22.3 Å². The molecule has 0 N–H and O–H groups in total. The molecule has 2 aliphatic rings. The maximum atomic E-state index is 2.45. The number of anilines is 3. The Morgan fingerprint density at radius 3 is 1.80 bits per heavy atom. The maximum Gasteiger partial charge on any atom is 0.0468 e. The van der Waals surface area contributed by atoms with Gasteiger partial charge in [-0.15, -0.1) is 0 Å². The third-order valence-corrected chi connectivity index (χ3v) is 11.8. The summed E-state index contributed by atoms with van der Waals surface area (Å²) in [6, 6.07) is 61.3. The normalized spacial score (nSPS) is 15.7. The highest BCUT2D eigenvalue weighted by Crippen LogP contribution is 2.51. The molecule has 1 nitrogen and oxygen atoms in total. The van der Waals surface area contributed by atoms with E-state index in [0.29, 0.717) is 0 Å². The fourth-order valence-corrected chi connectivity index (χ4v) is 9.15. The Labute approximate surface area is 296 Å². The highest BCUT2D eigenvalue weighted by molar-refractivity contribution is 5.97. The van der Waals surface area contributed by atoms with E-state index in [4.69, 9.17) is 0 Å². The largest absolute Gasteiger partial charge is 0.310 e. The van der Waals surface area contributed by atoms with Gasteiger partial charge in [0.1, 0.15) is 0 Å². The molecule has 0 aliphatic heterocycles. The summed E-state index contributed by atoms with van der Waals surface area (Å²) in [6.07, 6.45) is 6.29.